The maximum atomic E-state index is 12.1. The first kappa shape index (κ1) is 18.2. The first-order valence-corrected chi connectivity index (χ1v) is 9.75. The Labute approximate surface area is 144 Å². The summed E-state index contributed by atoms with van der Waals surface area (Å²) in [7, 11) is 0. The molecule has 0 unspecified atom stereocenters. The smallest absolute Gasteiger partial charge is 0.260 e. The molecule has 0 bridgehead atoms. The van der Waals surface area contributed by atoms with E-state index in [9.17, 15) is 4.79 Å². The number of benzene rings is 1. The summed E-state index contributed by atoms with van der Waals surface area (Å²) in [6.07, 6.45) is 6.33. The third kappa shape index (κ3) is 5.76. The van der Waals surface area contributed by atoms with Gasteiger partial charge in [-0.25, -0.2) is 0 Å². The van der Waals surface area contributed by atoms with Crippen molar-refractivity contribution in [2.75, 3.05) is 12.3 Å². The van der Waals surface area contributed by atoms with Gasteiger partial charge < -0.3 is 10.1 Å². The van der Waals surface area contributed by atoms with Crippen molar-refractivity contribution in [1.29, 1.82) is 0 Å². The van der Waals surface area contributed by atoms with E-state index in [4.69, 9.17) is 4.74 Å². The van der Waals surface area contributed by atoms with Gasteiger partial charge in [0.15, 0.2) is 6.10 Å². The molecule has 128 valence electrons. The highest BCUT2D eigenvalue weighted by Gasteiger charge is 2.17. The van der Waals surface area contributed by atoms with E-state index in [0.29, 0.717) is 0 Å². The fraction of sp³-hybridized carbons (Fsp3) is 0.632. The van der Waals surface area contributed by atoms with Crippen LogP contribution in [-0.4, -0.2) is 29.6 Å². The molecule has 1 N–H and O–H groups in total. The van der Waals surface area contributed by atoms with Crippen LogP contribution in [0.3, 0.4) is 0 Å². The van der Waals surface area contributed by atoms with Gasteiger partial charge in [-0.15, -0.1) is 0 Å². The lowest BCUT2D eigenvalue weighted by Gasteiger charge is -2.21. The summed E-state index contributed by atoms with van der Waals surface area (Å²) >= 11 is 2.00. The number of amides is 1. The minimum Gasteiger partial charge on any atom is -0.481 e. The normalized spacial score (nSPS) is 16.8. The largest absolute Gasteiger partial charge is 0.481 e. The second-order valence-corrected chi connectivity index (χ2v) is 7.79. The van der Waals surface area contributed by atoms with Crippen LogP contribution in [0.15, 0.2) is 18.2 Å². The predicted molar refractivity (Wildman–Crippen MR) is 98.3 cm³/mol. The van der Waals surface area contributed by atoms with Crippen molar-refractivity contribution in [3.63, 3.8) is 0 Å². The zero-order chi connectivity index (χ0) is 16.7. The zero-order valence-corrected chi connectivity index (χ0v) is 15.4. The highest BCUT2D eigenvalue weighted by molar-refractivity contribution is 7.99. The summed E-state index contributed by atoms with van der Waals surface area (Å²) in [6.45, 7) is 6.61. The molecule has 3 nitrogen and oxygen atoms in total. The van der Waals surface area contributed by atoms with E-state index in [1.807, 2.05) is 37.7 Å². The Bertz CT molecular complexity index is 512. The van der Waals surface area contributed by atoms with Gasteiger partial charge in [-0.2, -0.15) is 11.8 Å². The summed E-state index contributed by atoms with van der Waals surface area (Å²) in [4.78, 5) is 12.1. The molecule has 0 radical (unpaired) electrons. The van der Waals surface area contributed by atoms with E-state index >= 15 is 0 Å². The fourth-order valence-corrected chi connectivity index (χ4v) is 4.09. The molecule has 2 rings (SSSR count). The summed E-state index contributed by atoms with van der Waals surface area (Å²) in [5, 5.41) is 3.79. The minimum atomic E-state index is -0.463. The van der Waals surface area contributed by atoms with Crippen molar-refractivity contribution >= 4 is 17.7 Å². The maximum absolute atomic E-state index is 12.1. The predicted octanol–water partition coefficient (Wildman–Crippen LogP) is 4.25. The van der Waals surface area contributed by atoms with E-state index in [2.05, 4.69) is 18.3 Å². The molecule has 4 heteroatoms. The van der Waals surface area contributed by atoms with Gasteiger partial charge in [-0.3, -0.25) is 4.79 Å². The van der Waals surface area contributed by atoms with Gasteiger partial charge in [-0.05, 0) is 50.8 Å². The van der Waals surface area contributed by atoms with Crippen LogP contribution in [0.4, 0.5) is 0 Å². The fourth-order valence-electron chi connectivity index (χ4n) is 2.87. The molecular formula is C19H29NO2S. The van der Waals surface area contributed by atoms with Crippen LogP contribution in [0.25, 0.3) is 0 Å². The van der Waals surface area contributed by atoms with Gasteiger partial charge in [0.25, 0.3) is 5.91 Å². The molecule has 1 atom stereocenters. The van der Waals surface area contributed by atoms with E-state index in [-0.39, 0.29) is 5.91 Å². The molecule has 1 aromatic rings. The average Bonchev–Trinajstić information content (AvgIpc) is 2.56. The standard InChI is InChI=1S/C19H29NO2S/c1-14-8-7-11-18(15(14)2)22-16(3)19(21)20-12-13-23-17-9-5-4-6-10-17/h7-8,11,16-17H,4-6,9-10,12-13H2,1-3H3,(H,20,21)/t16-/m0/s1. The van der Waals surface area contributed by atoms with Crippen LogP contribution >= 0.6 is 11.8 Å². The number of rotatable bonds is 7. The Morgan fingerprint density at radius 2 is 2.04 bits per heavy atom. The second-order valence-electron chi connectivity index (χ2n) is 6.38. The molecule has 0 saturated heterocycles. The average molecular weight is 336 g/mol. The van der Waals surface area contributed by atoms with Crippen LogP contribution in [0, 0.1) is 13.8 Å². The Balaban J connectivity index is 1.69. The highest BCUT2D eigenvalue weighted by Crippen LogP contribution is 2.27. The van der Waals surface area contributed by atoms with Crippen molar-refractivity contribution in [1.82, 2.24) is 5.32 Å². The van der Waals surface area contributed by atoms with Gasteiger partial charge in [-0.1, -0.05) is 31.4 Å². The van der Waals surface area contributed by atoms with E-state index in [1.54, 1.807) is 0 Å². The van der Waals surface area contributed by atoms with Crippen molar-refractivity contribution in [3.8, 4) is 5.75 Å². The molecule has 0 heterocycles. The van der Waals surface area contributed by atoms with Crippen molar-refractivity contribution in [2.45, 2.75) is 64.2 Å². The van der Waals surface area contributed by atoms with Gasteiger partial charge in [0.2, 0.25) is 0 Å². The maximum Gasteiger partial charge on any atom is 0.260 e. The Kier molecular flexibility index (Phi) is 7.28. The van der Waals surface area contributed by atoms with Crippen LogP contribution in [0.2, 0.25) is 0 Å². The number of nitrogens with one attached hydrogen (secondary N) is 1. The zero-order valence-electron chi connectivity index (χ0n) is 14.6. The first-order valence-electron chi connectivity index (χ1n) is 8.70. The number of hydrogen-bond acceptors (Lipinski definition) is 3. The van der Waals surface area contributed by atoms with Gasteiger partial charge in [0, 0.05) is 17.5 Å². The molecule has 1 fully saturated rings. The molecule has 1 amide bonds. The highest BCUT2D eigenvalue weighted by atomic mass is 32.2. The molecule has 1 aromatic carbocycles. The van der Waals surface area contributed by atoms with E-state index in [0.717, 1.165) is 28.9 Å². The van der Waals surface area contributed by atoms with Crippen LogP contribution in [0.1, 0.15) is 50.2 Å². The summed E-state index contributed by atoms with van der Waals surface area (Å²) in [5.74, 6) is 1.76. The molecule has 0 aliphatic heterocycles. The molecular weight excluding hydrogens is 306 g/mol. The Morgan fingerprint density at radius 3 is 2.78 bits per heavy atom. The lowest BCUT2D eigenvalue weighted by molar-refractivity contribution is -0.127. The number of carbonyl (C=O) groups excluding carboxylic acids is 1. The van der Waals surface area contributed by atoms with E-state index < -0.39 is 6.10 Å². The molecule has 0 aromatic heterocycles. The van der Waals surface area contributed by atoms with Gasteiger partial charge in [0.1, 0.15) is 5.75 Å². The number of thioether (sulfide) groups is 1. The van der Waals surface area contributed by atoms with Gasteiger partial charge >= 0.3 is 0 Å². The minimum absolute atomic E-state index is 0.0323. The first-order chi connectivity index (χ1) is 11.1. The lowest BCUT2D eigenvalue weighted by Crippen LogP contribution is -2.37. The second kappa shape index (κ2) is 9.21. The lowest BCUT2D eigenvalue weighted by atomic mass is 10.0. The third-order valence-corrected chi connectivity index (χ3v) is 5.92. The molecule has 1 aliphatic rings. The quantitative estimate of drug-likeness (QED) is 0.757. The Morgan fingerprint density at radius 1 is 1.30 bits per heavy atom. The molecule has 0 spiro atoms. The monoisotopic (exact) mass is 335 g/mol. The number of ether oxygens (including phenoxy) is 1. The van der Waals surface area contributed by atoms with Crippen LogP contribution in [-0.2, 0) is 4.79 Å². The number of carbonyl (C=O) groups is 1. The SMILES string of the molecule is Cc1cccc(O[C@@H](C)C(=O)NCCSC2CCCCC2)c1C. The topological polar surface area (TPSA) is 38.3 Å². The molecule has 23 heavy (non-hydrogen) atoms. The molecule has 1 saturated carbocycles. The van der Waals surface area contributed by atoms with Crippen LogP contribution < -0.4 is 10.1 Å². The Hall–Kier alpha value is -1.16. The summed E-state index contributed by atoms with van der Waals surface area (Å²) < 4.78 is 5.82. The van der Waals surface area contributed by atoms with Crippen molar-refractivity contribution in [3.05, 3.63) is 29.3 Å². The van der Waals surface area contributed by atoms with Crippen molar-refractivity contribution < 1.29 is 9.53 Å². The van der Waals surface area contributed by atoms with E-state index in [1.165, 1.54) is 37.7 Å². The third-order valence-electron chi connectivity index (χ3n) is 4.53. The molecule has 1 aliphatic carbocycles. The van der Waals surface area contributed by atoms with Crippen LogP contribution in [0.5, 0.6) is 5.75 Å². The number of aryl methyl sites for hydroxylation is 1. The summed E-state index contributed by atoms with van der Waals surface area (Å²) in [5.41, 5.74) is 2.28. The van der Waals surface area contributed by atoms with Crippen molar-refractivity contribution in [2.24, 2.45) is 0 Å². The van der Waals surface area contributed by atoms with Gasteiger partial charge in [0.05, 0.1) is 0 Å². The summed E-state index contributed by atoms with van der Waals surface area (Å²) in [6, 6.07) is 5.93. The number of hydrogen-bond donors (Lipinski definition) is 1.